The molecule has 1 aliphatic rings. The first kappa shape index (κ1) is 11.5. The van der Waals surface area contributed by atoms with E-state index in [1.807, 2.05) is 7.05 Å². The maximum Gasteiger partial charge on any atom is 0.175 e. The molecule has 16 heavy (non-hydrogen) atoms. The van der Waals surface area contributed by atoms with Gasteiger partial charge in [0.05, 0.1) is 7.05 Å². The van der Waals surface area contributed by atoms with E-state index in [0.29, 0.717) is 0 Å². The van der Waals surface area contributed by atoms with E-state index in [9.17, 15) is 0 Å². The van der Waals surface area contributed by atoms with Gasteiger partial charge in [-0.2, -0.15) is 4.80 Å². The fourth-order valence-corrected chi connectivity index (χ4v) is 2.32. The average molecular weight is 225 g/mol. The zero-order valence-electron chi connectivity index (χ0n) is 9.94. The first-order valence-electron chi connectivity index (χ1n) is 5.69. The summed E-state index contributed by atoms with van der Waals surface area (Å²) in [7, 11) is 3.78. The molecule has 6 nitrogen and oxygen atoms in total. The summed E-state index contributed by atoms with van der Waals surface area (Å²) in [5.41, 5.74) is 0.232. The van der Waals surface area contributed by atoms with Gasteiger partial charge in [-0.3, -0.25) is 0 Å². The summed E-state index contributed by atoms with van der Waals surface area (Å²) in [4.78, 5) is 1.52. The highest BCUT2D eigenvalue weighted by Gasteiger charge is 2.33. The van der Waals surface area contributed by atoms with Gasteiger partial charge in [-0.25, -0.2) is 0 Å². The number of ether oxygens (including phenoxy) is 1. The van der Waals surface area contributed by atoms with Crippen LogP contribution in [0.3, 0.4) is 0 Å². The van der Waals surface area contributed by atoms with Crippen molar-refractivity contribution in [3.05, 3.63) is 5.82 Å². The maximum absolute atomic E-state index is 5.42. The summed E-state index contributed by atoms with van der Waals surface area (Å²) in [6, 6.07) is 0. The molecule has 0 saturated carbocycles. The van der Waals surface area contributed by atoms with E-state index in [1.54, 1.807) is 7.05 Å². The van der Waals surface area contributed by atoms with Crippen LogP contribution in [0, 0.1) is 5.41 Å². The molecule has 0 bridgehead atoms. The highest BCUT2D eigenvalue weighted by atomic mass is 16.5. The maximum atomic E-state index is 5.42. The first-order chi connectivity index (χ1) is 7.74. The molecule has 0 aliphatic carbocycles. The van der Waals surface area contributed by atoms with Crippen molar-refractivity contribution >= 4 is 0 Å². The number of aromatic nitrogens is 4. The molecule has 1 aromatic heterocycles. The van der Waals surface area contributed by atoms with Crippen molar-refractivity contribution in [1.29, 1.82) is 0 Å². The Morgan fingerprint density at radius 3 is 2.75 bits per heavy atom. The molecule has 2 rings (SSSR count). The topological polar surface area (TPSA) is 64.9 Å². The lowest BCUT2D eigenvalue weighted by Gasteiger charge is -2.36. The molecule has 1 saturated heterocycles. The summed E-state index contributed by atoms with van der Waals surface area (Å²) in [6.07, 6.45) is 3.00. The quantitative estimate of drug-likeness (QED) is 0.766. The van der Waals surface area contributed by atoms with Gasteiger partial charge < -0.3 is 10.1 Å². The third-order valence-electron chi connectivity index (χ3n) is 3.19. The molecule has 0 spiro atoms. The second-order valence-electron chi connectivity index (χ2n) is 4.51. The van der Waals surface area contributed by atoms with Gasteiger partial charge >= 0.3 is 0 Å². The Hall–Kier alpha value is -1.01. The van der Waals surface area contributed by atoms with Gasteiger partial charge in [0.15, 0.2) is 5.82 Å². The second-order valence-corrected chi connectivity index (χ2v) is 4.51. The fourth-order valence-electron chi connectivity index (χ4n) is 2.32. The summed E-state index contributed by atoms with van der Waals surface area (Å²) < 4.78 is 5.42. The van der Waals surface area contributed by atoms with Crippen molar-refractivity contribution in [2.24, 2.45) is 12.5 Å². The predicted octanol–water partition coefficient (Wildman–Crippen LogP) is -0.231. The number of rotatable bonds is 4. The van der Waals surface area contributed by atoms with Crippen molar-refractivity contribution in [2.75, 3.05) is 26.8 Å². The molecule has 0 radical (unpaired) electrons. The minimum Gasteiger partial charge on any atom is -0.381 e. The Morgan fingerprint density at radius 2 is 2.19 bits per heavy atom. The minimum atomic E-state index is 0.232. The lowest BCUT2D eigenvalue weighted by molar-refractivity contribution is 0.0148. The molecule has 1 aromatic rings. The number of nitrogens with one attached hydrogen (secondary N) is 1. The minimum absolute atomic E-state index is 0.232. The van der Waals surface area contributed by atoms with E-state index in [4.69, 9.17) is 4.74 Å². The molecule has 0 amide bonds. The van der Waals surface area contributed by atoms with Crippen molar-refractivity contribution in [1.82, 2.24) is 25.5 Å². The highest BCUT2D eigenvalue weighted by molar-refractivity contribution is 4.93. The van der Waals surface area contributed by atoms with Gasteiger partial charge in [-0.15, -0.1) is 10.2 Å². The van der Waals surface area contributed by atoms with Gasteiger partial charge in [0.2, 0.25) is 0 Å². The SMILES string of the molecule is CNCC1(Cc2nnn(C)n2)CCOCC1. The van der Waals surface area contributed by atoms with Crippen LogP contribution in [0.15, 0.2) is 0 Å². The van der Waals surface area contributed by atoms with E-state index in [2.05, 4.69) is 20.7 Å². The fraction of sp³-hybridized carbons (Fsp3) is 0.900. The normalized spacial score (nSPS) is 19.9. The zero-order valence-corrected chi connectivity index (χ0v) is 9.94. The smallest absolute Gasteiger partial charge is 0.175 e. The molecule has 2 heterocycles. The highest BCUT2D eigenvalue weighted by Crippen LogP contribution is 2.32. The van der Waals surface area contributed by atoms with Crippen LogP contribution in [0.2, 0.25) is 0 Å². The molecule has 1 aliphatic heterocycles. The predicted molar refractivity (Wildman–Crippen MR) is 58.9 cm³/mol. The number of tetrazole rings is 1. The van der Waals surface area contributed by atoms with Crippen LogP contribution in [-0.2, 0) is 18.2 Å². The van der Waals surface area contributed by atoms with E-state index < -0.39 is 0 Å². The molecular weight excluding hydrogens is 206 g/mol. The zero-order chi connectivity index (χ0) is 11.4. The second kappa shape index (κ2) is 4.88. The van der Waals surface area contributed by atoms with Crippen LogP contribution in [0.1, 0.15) is 18.7 Å². The van der Waals surface area contributed by atoms with Crippen molar-refractivity contribution in [3.63, 3.8) is 0 Å². The molecule has 0 aromatic carbocycles. The Bertz CT molecular complexity index is 326. The lowest BCUT2D eigenvalue weighted by Crippen LogP contribution is -2.40. The molecule has 90 valence electrons. The average Bonchev–Trinajstić information content (AvgIpc) is 2.65. The van der Waals surface area contributed by atoms with E-state index in [-0.39, 0.29) is 5.41 Å². The Labute approximate surface area is 95.4 Å². The summed E-state index contributed by atoms with van der Waals surface area (Å²) in [5.74, 6) is 0.833. The number of nitrogens with zero attached hydrogens (tertiary/aromatic N) is 4. The molecular formula is C10H19N5O. The summed E-state index contributed by atoms with van der Waals surface area (Å²) >= 11 is 0. The van der Waals surface area contributed by atoms with E-state index in [0.717, 1.165) is 44.8 Å². The van der Waals surface area contributed by atoms with E-state index in [1.165, 1.54) is 4.80 Å². The van der Waals surface area contributed by atoms with Crippen molar-refractivity contribution in [3.8, 4) is 0 Å². The van der Waals surface area contributed by atoms with Crippen molar-refractivity contribution < 1.29 is 4.74 Å². The van der Waals surface area contributed by atoms with Crippen LogP contribution < -0.4 is 5.32 Å². The standard InChI is InChI=1S/C10H19N5O/c1-11-8-10(3-5-16-6-4-10)7-9-12-14-15(2)13-9/h11H,3-8H2,1-2H3. The lowest BCUT2D eigenvalue weighted by atomic mass is 9.77. The third kappa shape index (κ3) is 2.56. The third-order valence-corrected chi connectivity index (χ3v) is 3.19. The van der Waals surface area contributed by atoms with Crippen LogP contribution in [0.4, 0.5) is 0 Å². The molecule has 1 N–H and O–H groups in total. The Morgan fingerprint density at radius 1 is 1.44 bits per heavy atom. The monoisotopic (exact) mass is 225 g/mol. The van der Waals surface area contributed by atoms with Gasteiger partial charge in [0, 0.05) is 26.2 Å². The Kier molecular flexibility index (Phi) is 3.50. The first-order valence-corrected chi connectivity index (χ1v) is 5.69. The van der Waals surface area contributed by atoms with Gasteiger partial charge in [-0.05, 0) is 30.5 Å². The van der Waals surface area contributed by atoms with Gasteiger partial charge in [0.1, 0.15) is 0 Å². The number of aryl methyl sites for hydroxylation is 1. The summed E-state index contributed by atoms with van der Waals surface area (Å²) in [6.45, 7) is 2.65. The number of hydrogen-bond donors (Lipinski definition) is 1. The van der Waals surface area contributed by atoms with E-state index >= 15 is 0 Å². The van der Waals surface area contributed by atoms with Crippen LogP contribution in [0.25, 0.3) is 0 Å². The summed E-state index contributed by atoms with van der Waals surface area (Å²) in [5, 5.41) is 15.5. The van der Waals surface area contributed by atoms with Gasteiger partial charge in [0.25, 0.3) is 0 Å². The molecule has 0 unspecified atom stereocenters. The number of hydrogen-bond acceptors (Lipinski definition) is 5. The molecule has 6 heteroatoms. The largest absolute Gasteiger partial charge is 0.381 e. The Balaban J connectivity index is 2.06. The molecule has 0 atom stereocenters. The van der Waals surface area contributed by atoms with Crippen LogP contribution in [0.5, 0.6) is 0 Å². The van der Waals surface area contributed by atoms with Crippen LogP contribution >= 0.6 is 0 Å². The van der Waals surface area contributed by atoms with Gasteiger partial charge in [-0.1, -0.05) is 0 Å². The molecule has 1 fully saturated rings. The van der Waals surface area contributed by atoms with Crippen molar-refractivity contribution in [2.45, 2.75) is 19.3 Å². The van der Waals surface area contributed by atoms with Crippen LogP contribution in [-0.4, -0.2) is 47.0 Å².